The first-order valence-corrected chi connectivity index (χ1v) is 14.3. The summed E-state index contributed by atoms with van der Waals surface area (Å²) in [6.45, 7) is 2.81. The highest BCUT2D eigenvalue weighted by Crippen LogP contribution is 2.36. The van der Waals surface area contributed by atoms with Crippen molar-refractivity contribution in [3.05, 3.63) is 107 Å². The van der Waals surface area contributed by atoms with Crippen molar-refractivity contribution in [2.24, 2.45) is 5.14 Å². The second-order valence-corrected chi connectivity index (χ2v) is 11.3. The number of nitrogens with zero attached hydrogens (tertiary/aromatic N) is 3. The van der Waals surface area contributed by atoms with E-state index in [9.17, 15) is 13.2 Å². The zero-order valence-corrected chi connectivity index (χ0v) is 22.7. The van der Waals surface area contributed by atoms with Gasteiger partial charge in [-0.3, -0.25) is 4.79 Å². The van der Waals surface area contributed by atoms with Crippen molar-refractivity contribution in [2.45, 2.75) is 24.4 Å². The third kappa shape index (κ3) is 6.42. The topological polar surface area (TPSA) is 120 Å². The molecule has 1 aliphatic rings. The minimum atomic E-state index is -3.73. The molecule has 4 aromatic rings. The molecule has 0 bridgehead atoms. The van der Waals surface area contributed by atoms with Crippen molar-refractivity contribution in [1.82, 2.24) is 14.9 Å². The van der Waals surface area contributed by atoms with Crippen LogP contribution >= 0.6 is 11.6 Å². The molecule has 3 aromatic carbocycles. The highest BCUT2D eigenvalue weighted by atomic mass is 35.5. The minimum Gasteiger partial charge on any atom is -0.489 e. The van der Waals surface area contributed by atoms with Gasteiger partial charge in [-0.15, -0.1) is 0 Å². The number of aromatic nitrogens is 2. The molecular formula is C28H28ClN5O4S. The van der Waals surface area contributed by atoms with E-state index < -0.39 is 10.0 Å². The normalized spacial score (nSPS) is 13.0. The van der Waals surface area contributed by atoms with Crippen LogP contribution in [0.5, 0.6) is 5.75 Å². The van der Waals surface area contributed by atoms with Crippen molar-refractivity contribution in [3.63, 3.8) is 0 Å². The molecule has 0 saturated heterocycles. The molecule has 0 atom stereocenters. The number of carbonyl (C=O) groups is 1. The van der Waals surface area contributed by atoms with Gasteiger partial charge >= 0.3 is 0 Å². The van der Waals surface area contributed by atoms with Crippen LogP contribution in [-0.2, 0) is 29.5 Å². The van der Waals surface area contributed by atoms with E-state index in [0.717, 1.165) is 22.5 Å². The Kier molecular flexibility index (Phi) is 7.87. The summed E-state index contributed by atoms with van der Waals surface area (Å²) in [5.74, 6) is 0.324. The molecule has 2 heterocycles. The number of sulfonamides is 1. The number of fused-ring (bicyclic) bond motifs is 1. The van der Waals surface area contributed by atoms with E-state index in [1.807, 2.05) is 48.9 Å². The van der Waals surface area contributed by atoms with Crippen LogP contribution in [0, 0.1) is 0 Å². The van der Waals surface area contributed by atoms with Crippen LogP contribution in [0.2, 0.25) is 5.02 Å². The molecule has 3 N–H and O–H groups in total. The molecule has 0 fully saturated rings. The van der Waals surface area contributed by atoms with Gasteiger partial charge in [0.2, 0.25) is 10.0 Å². The van der Waals surface area contributed by atoms with Gasteiger partial charge in [0.15, 0.2) is 5.75 Å². The van der Waals surface area contributed by atoms with E-state index in [0.29, 0.717) is 55.5 Å². The summed E-state index contributed by atoms with van der Waals surface area (Å²) in [5, 5.41) is 8.79. The number of para-hydroxylation sites is 1. The third-order valence-electron chi connectivity index (χ3n) is 6.56. The maximum Gasteiger partial charge on any atom is 0.255 e. The van der Waals surface area contributed by atoms with E-state index in [-0.39, 0.29) is 10.8 Å². The van der Waals surface area contributed by atoms with Crippen LogP contribution in [0.1, 0.15) is 27.2 Å². The first kappa shape index (κ1) is 26.7. The van der Waals surface area contributed by atoms with Crippen molar-refractivity contribution >= 4 is 33.2 Å². The zero-order valence-electron chi connectivity index (χ0n) is 21.1. The summed E-state index contributed by atoms with van der Waals surface area (Å²) in [5.41, 5.74) is 4.38. The van der Waals surface area contributed by atoms with Gasteiger partial charge in [-0.05, 0) is 53.9 Å². The fourth-order valence-corrected chi connectivity index (χ4v) is 5.15. The van der Waals surface area contributed by atoms with Crippen molar-refractivity contribution < 1.29 is 17.9 Å². The van der Waals surface area contributed by atoms with Gasteiger partial charge in [-0.2, -0.15) is 0 Å². The maximum atomic E-state index is 13.1. The number of anilines is 1. The molecule has 39 heavy (non-hydrogen) atoms. The first-order chi connectivity index (χ1) is 18.8. The lowest BCUT2D eigenvalue weighted by Gasteiger charge is -2.32. The Morgan fingerprint density at radius 3 is 2.51 bits per heavy atom. The summed E-state index contributed by atoms with van der Waals surface area (Å²) in [6.07, 6.45) is 4.21. The number of rotatable bonds is 9. The second-order valence-electron chi connectivity index (χ2n) is 9.26. The molecule has 1 aliphatic heterocycles. The van der Waals surface area contributed by atoms with E-state index in [4.69, 9.17) is 21.5 Å². The molecule has 0 spiro atoms. The highest BCUT2D eigenvalue weighted by molar-refractivity contribution is 7.89. The molecule has 0 unspecified atom stereocenters. The molecule has 0 saturated carbocycles. The Labute approximate surface area is 232 Å². The van der Waals surface area contributed by atoms with Crippen LogP contribution in [0.3, 0.4) is 0 Å². The maximum absolute atomic E-state index is 13.1. The summed E-state index contributed by atoms with van der Waals surface area (Å²) >= 11 is 6.02. The van der Waals surface area contributed by atoms with Gasteiger partial charge in [-0.25, -0.2) is 18.5 Å². The van der Waals surface area contributed by atoms with E-state index >= 15 is 0 Å². The van der Waals surface area contributed by atoms with Gasteiger partial charge in [0.1, 0.15) is 6.61 Å². The summed E-state index contributed by atoms with van der Waals surface area (Å²) < 4.78 is 30.9. The monoisotopic (exact) mass is 565 g/mol. The number of primary sulfonamides is 1. The Hall–Kier alpha value is -3.86. The van der Waals surface area contributed by atoms with Gasteiger partial charge in [-0.1, -0.05) is 41.9 Å². The number of nitrogens with one attached hydrogen (secondary N) is 1. The largest absolute Gasteiger partial charge is 0.489 e. The van der Waals surface area contributed by atoms with Crippen LogP contribution < -0.4 is 20.1 Å². The predicted molar refractivity (Wildman–Crippen MR) is 150 cm³/mol. The molecule has 11 heteroatoms. The minimum absolute atomic E-state index is 0.0564. The van der Waals surface area contributed by atoms with Gasteiger partial charge in [0.05, 0.1) is 41.3 Å². The van der Waals surface area contributed by atoms with Crippen LogP contribution in [-0.4, -0.2) is 43.6 Å². The number of halogens is 1. The van der Waals surface area contributed by atoms with E-state index in [2.05, 4.69) is 19.8 Å². The molecule has 0 aliphatic carbocycles. The number of benzene rings is 3. The fraction of sp³-hybridized carbons (Fsp3) is 0.214. The quantitative estimate of drug-likeness (QED) is 0.320. The first-order valence-electron chi connectivity index (χ1n) is 12.4. The Balaban J connectivity index is 1.25. The molecule has 9 nitrogen and oxygen atoms in total. The summed E-state index contributed by atoms with van der Waals surface area (Å²) in [6, 6.07) is 19.6. The highest BCUT2D eigenvalue weighted by Gasteiger charge is 2.24. The van der Waals surface area contributed by atoms with Crippen LogP contribution in [0.15, 0.2) is 84.1 Å². The second kappa shape index (κ2) is 11.5. The van der Waals surface area contributed by atoms with Crippen molar-refractivity contribution in [2.75, 3.05) is 24.6 Å². The number of hydrogen-bond donors (Lipinski definition) is 2. The molecular weight excluding hydrogens is 538 g/mol. The molecule has 5 rings (SSSR count). The van der Waals surface area contributed by atoms with Gasteiger partial charge < -0.3 is 19.5 Å². The lowest BCUT2D eigenvalue weighted by molar-refractivity contribution is 0.0949. The average Bonchev–Trinajstić information content (AvgIpc) is 3.36. The SMILES string of the molecule is NS(=O)(=O)c1ccc(CCNC(=O)c2cccc3c2OCCN3Cc2cncn2Cc2ccc(Cl)cc2)cc1. The standard InChI is InChI=1S/C28H28ClN5O4S/c29-22-8-4-21(5-9-22)17-34-19-31-16-23(34)18-33-14-15-38-27-25(2-1-3-26(27)33)28(35)32-13-12-20-6-10-24(11-7-20)39(30,36)37/h1-11,16,19H,12-15,17-18H2,(H,32,35)(H2,30,36,37). The number of amides is 1. The number of hydrogen-bond acceptors (Lipinski definition) is 6. The summed E-state index contributed by atoms with van der Waals surface area (Å²) in [4.78, 5) is 19.7. The van der Waals surface area contributed by atoms with E-state index in [1.165, 1.54) is 12.1 Å². The molecule has 1 amide bonds. The lowest BCUT2D eigenvalue weighted by atomic mass is 10.1. The van der Waals surface area contributed by atoms with E-state index in [1.54, 1.807) is 18.2 Å². The van der Waals surface area contributed by atoms with Gasteiger partial charge in [0, 0.05) is 24.3 Å². The molecule has 202 valence electrons. The van der Waals surface area contributed by atoms with Crippen LogP contribution in [0.25, 0.3) is 0 Å². The number of nitrogens with two attached hydrogens (primary N) is 1. The smallest absolute Gasteiger partial charge is 0.255 e. The Bertz CT molecular complexity index is 1570. The number of carbonyl (C=O) groups excluding carboxylic acids is 1. The molecule has 0 radical (unpaired) electrons. The number of ether oxygens (including phenoxy) is 1. The zero-order chi connectivity index (χ0) is 27.4. The van der Waals surface area contributed by atoms with Crippen molar-refractivity contribution in [3.8, 4) is 5.75 Å². The molecule has 1 aromatic heterocycles. The Morgan fingerprint density at radius 1 is 1.03 bits per heavy atom. The summed E-state index contributed by atoms with van der Waals surface area (Å²) in [7, 11) is -3.73. The average molecular weight is 566 g/mol. The fourth-order valence-electron chi connectivity index (χ4n) is 4.51. The third-order valence-corrected chi connectivity index (χ3v) is 7.74. The van der Waals surface area contributed by atoms with Gasteiger partial charge in [0.25, 0.3) is 5.91 Å². The van der Waals surface area contributed by atoms with Crippen LogP contribution in [0.4, 0.5) is 5.69 Å². The number of imidazole rings is 1. The predicted octanol–water partition coefficient (Wildman–Crippen LogP) is 3.60. The lowest BCUT2D eigenvalue weighted by Crippen LogP contribution is -2.34. The Morgan fingerprint density at radius 2 is 1.77 bits per heavy atom. The van der Waals surface area contributed by atoms with Crippen molar-refractivity contribution in [1.29, 1.82) is 0 Å².